The first-order valence-corrected chi connectivity index (χ1v) is 16.7. The molecular formula is C43H42N4. The highest BCUT2D eigenvalue weighted by Crippen LogP contribution is 2.44. The second kappa shape index (κ2) is 15.1. The number of hydrogen-bond donors (Lipinski definition) is 1. The minimum atomic E-state index is -0.603. The highest BCUT2D eigenvalue weighted by molar-refractivity contribution is 5.48. The molecule has 1 N–H and O–H groups in total. The van der Waals surface area contributed by atoms with E-state index >= 15 is 0 Å². The lowest BCUT2D eigenvalue weighted by Gasteiger charge is -2.34. The van der Waals surface area contributed by atoms with E-state index in [2.05, 4.69) is 101 Å². The lowest BCUT2D eigenvalue weighted by molar-refractivity contribution is 0.298. The van der Waals surface area contributed by atoms with E-state index in [1.165, 1.54) is 5.56 Å². The summed E-state index contributed by atoms with van der Waals surface area (Å²) in [6, 6.07) is 57.0. The quantitative estimate of drug-likeness (QED) is 0.192. The van der Waals surface area contributed by atoms with Gasteiger partial charge < -0.3 is 5.32 Å². The molecule has 0 unspecified atom stereocenters. The van der Waals surface area contributed by atoms with Crippen LogP contribution in [0.3, 0.4) is 0 Å². The van der Waals surface area contributed by atoms with Crippen LogP contribution < -0.4 is 5.32 Å². The fourth-order valence-corrected chi connectivity index (χ4v) is 7.72. The predicted molar refractivity (Wildman–Crippen MR) is 189 cm³/mol. The molecule has 2 aliphatic rings. The number of rotatable bonds is 8. The van der Waals surface area contributed by atoms with Crippen molar-refractivity contribution in [3.05, 3.63) is 179 Å². The Bertz CT molecular complexity index is 1680. The Morgan fingerprint density at radius 1 is 0.553 bits per heavy atom. The zero-order valence-corrected chi connectivity index (χ0v) is 26.9. The third-order valence-corrected chi connectivity index (χ3v) is 10.1. The summed E-state index contributed by atoms with van der Waals surface area (Å²) < 4.78 is 0. The van der Waals surface area contributed by atoms with Crippen molar-refractivity contribution >= 4 is 0 Å². The summed E-state index contributed by atoms with van der Waals surface area (Å²) in [4.78, 5) is 2.48. The monoisotopic (exact) mass is 614 g/mol. The van der Waals surface area contributed by atoms with Crippen LogP contribution in [0.4, 0.5) is 0 Å². The number of nitrogens with zero attached hydrogens (tertiary/aromatic N) is 3. The average Bonchev–Trinajstić information content (AvgIpc) is 3.86. The highest BCUT2D eigenvalue weighted by atomic mass is 15.1. The fraction of sp³-hybridized carbons (Fsp3) is 0.256. The van der Waals surface area contributed by atoms with Crippen molar-refractivity contribution < 1.29 is 0 Å². The van der Waals surface area contributed by atoms with Gasteiger partial charge in [0.2, 0.25) is 0 Å². The molecule has 5 aromatic rings. The van der Waals surface area contributed by atoms with E-state index in [4.69, 9.17) is 0 Å². The predicted octanol–water partition coefficient (Wildman–Crippen LogP) is 8.12. The molecule has 4 heteroatoms. The van der Waals surface area contributed by atoms with Crippen molar-refractivity contribution in [2.75, 3.05) is 26.2 Å². The Balaban J connectivity index is 0.000000172. The molecule has 0 saturated carbocycles. The van der Waals surface area contributed by atoms with E-state index in [0.717, 1.165) is 67.8 Å². The van der Waals surface area contributed by atoms with Crippen molar-refractivity contribution in [2.45, 2.75) is 30.2 Å². The van der Waals surface area contributed by atoms with Gasteiger partial charge in [-0.2, -0.15) is 10.5 Å². The van der Waals surface area contributed by atoms with Gasteiger partial charge in [-0.1, -0.05) is 152 Å². The standard InChI is InChI=1S/C25H24N2.C18H18N2/c26-20-25(22-12-6-2-7-13-22,23-14-8-3-9-15-23)24-16-17-27(19-24)18-21-10-4-1-5-11-21;19-14-18(17-11-12-20-13-17,15-7-3-1-4-8-15)16-9-5-2-6-10-16/h1-15,24H,16-19H2;1-10,17,20H,11-13H2/t24-;17-/m11/s1. The number of likely N-dealkylation sites (tertiary alicyclic amines) is 1. The summed E-state index contributed by atoms with van der Waals surface area (Å²) in [5.41, 5.74) is 4.58. The molecule has 0 radical (unpaired) electrons. The van der Waals surface area contributed by atoms with Gasteiger partial charge in [0, 0.05) is 19.6 Å². The zero-order chi connectivity index (χ0) is 32.4. The van der Waals surface area contributed by atoms with Crippen LogP contribution in [0.2, 0.25) is 0 Å². The van der Waals surface area contributed by atoms with Gasteiger partial charge in [0.1, 0.15) is 10.8 Å². The smallest absolute Gasteiger partial charge is 0.111 e. The van der Waals surface area contributed by atoms with Gasteiger partial charge in [0.15, 0.2) is 0 Å². The molecule has 234 valence electrons. The van der Waals surface area contributed by atoms with E-state index in [1.54, 1.807) is 0 Å². The molecule has 2 aliphatic heterocycles. The minimum Gasteiger partial charge on any atom is -0.316 e. The molecule has 0 aliphatic carbocycles. The summed E-state index contributed by atoms with van der Waals surface area (Å²) >= 11 is 0. The summed E-state index contributed by atoms with van der Waals surface area (Å²) in [7, 11) is 0. The summed E-state index contributed by atoms with van der Waals surface area (Å²) in [6.07, 6.45) is 2.07. The maximum atomic E-state index is 10.5. The summed E-state index contributed by atoms with van der Waals surface area (Å²) in [6.45, 7) is 4.81. The molecule has 4 nitrogen and oxygen atoms in total. The number of hydrogen-bond acceptors (Lipinski definition) is 4. The first kappa shape index (κ1) is 32.0. The van der Waals surface area contributed by atoms with Crippen molar-refractivity contribution in [2.24, 2.45) is 11.8 Å². The van der Waals surface area contributed by atoms with Crippen molar-refractivity contribution in [1.29, 1.82) is 10.5 Å². The Morgan fingerprint density at radius 3 is 1.34 bits per heavy atom. The largest absolute Gasteiger partial charge is 0.316 e. The second-order valence-electron chi connectivity index (χ2n) is 12.7. The third-order valence-electron chi connectivity index (χ3n) is 10.1. The van der Waals surface area contributed by atoms with Crippen LogP contribution in [0.5, 0.6) is 0 Å². The van der Waals surface area contributed by atoms with Gasteiger partial charge in [-0.05, 0) is 65.6 Å². The van der Waals surface area contributed by atoms with Crippen LogP contribution in [-0.2, 0) is 17.4 Å². The van der Waals surface area contributed by atoms with Crippen molar-refractivity contribution in [3.63, 3.8) is 0 Å². The first-order chi connectivity index (χ1) is 23.2. The fourth-order valence-electron chi connectivity index (χ4n) is 7.72. The van der Waals surface area contributed by atoms with Crippen LogP contribution in [0.15, 0.2) is 152 Å². The van der Waals surface area contributed by atoms with Gasteiger partial charge in [-0.3, -0.25) is 4.90 Å². The summed E-state index contributed by atoms with van der Waals surface area (Å²) in [5, 5.41) is 23.9. The van der Waals surface area contributed by atoms with Crippen molar-refractivity contribution in [3.8, 4) is 12.1 Å². The van der Waals surface area contributed by atoms with E-state index in [9.17, 15) is 10.5 Å². The van der Waals surface area contributed by atoms with Crippen LogP contribution in [0.1, 0.15) is 40.7 Å². The van der Waals surface area contributed by atoms with Gasteiger partial charge in [0.25, 0.3) is 0 Å². The summed E-state index contributed by atoms with van der Waals surface area (Å²) in [5.74, 6) is 0.591. The van der Waals surface area contributed by atoms with E-state index in [1.807, 2.05) is 72.8 Å². The number of nitriles is 2. The van der Waals surface area contributed by atoms with Gasteiger partial charge in [-0.25, -0.2) is 0 Å². The zero-order valence-electron chi connectivity index (χ0n) is 26.9. The molecule has 2 saturated heterocycles. The Labute approximate surface area is 279 Å². The van der Waals surface area contributed by atoms with Crippen LogP contribution in [-0.4, -0.2) is 31.1 Å². The minimum absolute atomic E-state index is 0.274. The molecule has 5 aromatic carbocycles. The van der Waals surface area contributed by atoms with E-state index in [0.29, 0.717) is 5.92 Å². The van der Waals surface area contributed by atoms with Crippen LogP contribution >= 0.6 is 0 Å². The van der Waals surface area contributed by atoms with Crippen molar-refractivity contribution in [1.82, 2.24) is 10.2 Å². The first-order valence-electron chi connectivity index (χ1n) is 16.7. The molecule has 47 heavy (non-hydrogen) atoms. The molecule has 0 amide bonds. The Kier molecular flexibility index (Phi) is 10.2. The highest BCUT2D eigenvalue weighted by Gasteiger charge is 2.46. The maximum Gasteiger partial charge on any atom is 0.111 e. The lowest BCUT2D eigenvalue weighted by atomic mass is 9.66. The Morgan fingerprint density at radius 2 is 0.957 bits per heavy atom. The SMILES string of the molecule is N#CC(c1ccccc1)(c1ccccc1)[C@@H]1CCN(Cc2ccccc2)C1.N#CC(c1ccccc1)(c1ccccc1)[C@@H]1CCNC1. The number of benzene rings is 5. The lowest BCUT2D eigenvalue weighted by Crippen LogP contribution is -2.37. The van der Waals surface area contributed by atoms with Gasteiger partial charge in [0.05, 0.1) is 12.1 Å². The molecule has 2 heterocycles. The molecule has 7 rings (SSSR count). The van der Waals surface area contributed by atoms with Crippen LogP contribution in [0.25, 0.3) is 0 Å². The average molecular weight is 615 g/mol. The molecule has 0 spiro atoms. The third kappa shape index (κ3) is 6.63. The normalized spacial score (nSPS) is 18.0. The molecule has 2 atom stereocenters. The topological polar surface area (TPSA) is 62.9 Å². The van der Waals surface area contributed by atoms with Gasteiger partial charge >= 0.3 is 0 Å². The maximum absolute atomic E-state index is 10.5. The molecule has 0 bridgehead atoms. The van der Waals surface area contributed by atoms with Crippen LogP contribution in [0, 0.1) is 34.5 Å². The molecular weight excluding hydrogens is 573 g/mol. The van der Waals surface area contributed by atoms with E-state index in [-0.39, 0.29) is 5.92 Å². The Hall–Kier alpha value is -5.00. The molecule has 0 aromatic heterocycles. The second-order valence-corrected chi connectivity index (χ2v) is 12.7. The number of nitrogens with one attached hydrogen (secondary N) is 1. The molecule has 2 fully saturated rings. The van der Waals surface area contributed by atoms with E-state index < -0.39 is 10.8 Å². The van der Waals surface area contributed by atoms with Gasteiger partial charge in [-0.15, -0.1) is 0 Å².